The Bertz CT molecular complexity index is 1480. The lowest BCUT2D eigenvalue weighted by atomic mass is 9.95. The van der Waals surface area contributed by atoms with E-state index in [1.165, 1.54) is 19.2 Å². The molecule has 5 rings (SSSR count). The minimum Gasteiger partial charge on any atom is -0.465 e. The molecule has 0 saturated carbocycles. The van der Waals surface area contributed by atoms with Gasteiger partial charge in [-0.05, 0) is 87.2 Å². The molecular weight excluding hydrogens is 513 g/mol. The van der Waals surface area contributed by atoms with Gasteiger partial charge in [-0.25, -0.2) is 18.0 Å². The van der Waals surface area contributed by atoms with E-state index in [9.17, 15) is 18.0 Å². The number of nitrogens with zero attached hydrogens (tertiary/aromatic N) is 2. The normalized spacial score (nSPS) is 15.1. The second kappa shape index (κ2) is 11.5. The predicted molar refractivity (Wildman–Crippen MR) is 152 cm³/mol. The Labute approximate surface area is 233 Å². The van der Waals surface area contributed by atoms with Crippen molar-refractivity contribution >= 4 is 16.9 Å². The molecule has 0 atom stereocenters. The number of esters is 1. The third-order valence-electron chi connectivity index (χ3n) is 7.72. The number of alkyl halides is 1. The standard InChI is InChI=1S/C33H35F3N2O2/c1-33(2,36)21-37-14-12-23(13-15-37)20-38-30-7-5-4-6-28(30)29(31(38)25-17-26(34)19-27(35)18-25)16-22-8-10-24(11-9-22)32(39)40-3/h4-11,17-19,23H,12-16,20-21H2,1-3H3. The molecule has 0 unspecified atom stereocenters. The fraction of sp³-hybridized carbons (Fsp3) is 0.364. The Morgan fingerprint density at radius 2 is 1.62 bits per heavy atom. The lowest BCUT2D eigenvalue weighted by molar-refractivity contribution is 0.0600. The zero-order valence-corrected chi connectivity index (χ0v) is 23.2. The number of piperidine rings is 1. The molecule has 0 bridgehead atoms. The van der Waals surface area contributed by atoms with Crippen molar-refractivity contribution in [2.24, 2.45) is 5.92 Å². The third-order valence-corrected chi connectivity index (χ3v) is 7.72. The smallest absolute Gasteiger partial charge is 0.337 e. The van der Waals surface area contributed by atoms with Crippen LogP contribution in [0.3, 0.4) is 0 Å². The third kappa shape index (κ3) is 6.25. The van der Waals surface area contributed by atoms with Gasteiger partial charge in [-0.15, -0.1) is 0 Å². The predicted octanol–water partition coefficient (Wildman–Crippen LogP) is 7.42. The lowest BCUT2D eigenvalue weighted by Gasteiger charge is -2.35. The van der Waals surface area contributed by atoms with Crippen LogP contribution in [0.5, 0.6) is 0 Å². The highest BCUT2D eigenvalue weighted by atomic mass is 19.1. The van der Waals surface area contributed by atoms with Gasteiger partial charge in [0.25, 0.3) is 0 Å². The molecule has 40 heavy (non-hydrogen) atoms. The average Bonchev–Trinajstić information content (AvgIpc) is 3.21. The van der Waals surface area contributed by atoms with Gasteiger partial charge in [0.15, 0.2) is 0 Å². The van der Waals surface area contributed by atoms with Gasteiger partial charge in [0.05, 0.1) is 18.4 Å². The van der Waals surface area contributed by atoms with Crippen LogP contribution in [-0.2, 0) is 17.7 Å². The van der Waals surface area contributed by atoms with Crippen LogP contribution >= 0.6 is 0 Å². The topological polar surface area (TPSA) is 34.5 Å². The first kappa shape index (κ1) is 28.0. The molecule has 7 heteroatoms. The van der Waals surface area contributed by atoms with E-state index in [0.29, 0.717) is 36.6 Å². The van der Waals surface area contributed by atoms with Crippen LogP contribution in [0.2, 0.25) is 0 Å². The molecule has 0 radical (unpaired) electrons. The maximum Gasteiger partial charge on any atom is 0.337 e. The fourth-order valence-electron chi connectivity index (χ4n) is 5.96. The number of carbonyl (C=O) groups is 1. The molecular formula is C33H35F3N2O2. The number of carbonyl (C=O) groups excluding carboxylic acids is 1. The SMILES string of the molecule is COC(=O)c1ccc(Cc2c(-c3cc(F)cc(F)c3)n(CC3CCN(CC(C)(C)F)CC3)c3ccccc23)cc1. The van der Waals surface area contributed by atoms with E-state index >= 15 is 0 Å². The maximum absolute atomic E-state index is 14.5. The van der Waals surface area contributed by atoms with E-state index in [1.54, 1.807) is 26.0 Å². The van der Waals surface area contributed by atoms with Gasteiger partial charge < -0.3 is 14.2 Å². The van der Waals surface area contributed by atoms with Crippen LogP contribution in [0.1, 0.15) is 48.2 Å². The molecule has 1 saturated heterocycles. The van der Waals surface area contributed by atoms with Crippen molar-refractivity contribution in [3.8, 4) is 11.3 Å². The van der Waals surface area contributed by atoms with Crippen LogP contribution in [0.25, 0.3) is 22.2 Å². The number of aromatic nitrogens is 1. The molecule has 0 N–H and O–H groups in total. The second-order valence-electron chi connectivity index (χ2n) is 11.4. The summed E-state index contributed by atoms with van der Waals surface area (Å²) in [5.41, 5.74) is 3.47. The lowest BCUT2D eigenvalue weighted by Crippen LogP contribution is -2.41. The average molecular weight is 549 g/mol. The number of ether oxygens (including phenoxy) is 1. The Hall–Kier alpha value is -3.58. The molecule has 3 aromatic carbocycles. The van der Waals surface area contributed by atoms with Crippen LogP contribution < -0.4 is 0 Å². The van der Waals surface area contributed by atoms with E-state index in [1.807, 2.05) is 24.3 Å². The van der Waals surface area contributed by atoms with Crippen molar-refractivity contribution in [2.75, 3.05) is 26.7 Å². The monoisotopic (exact) mass is 548 g/mol. The van der Waals surface area contributed by atoms with Crippen LogP contribution in [-0.4, -0.2) is 47.8 Å². The van der Waals surface area contributed by atoms with Crippen LogP contribution in [0.4, 0.5) is 13.2 Å². The number of hydrogen-bond donors (Lipinski definition) is 0. The van der Waals surface area contributed by atoms with Crippen LogP contribution in [0.15, 0.2) is 66.7 Å². The number of rotatable bonds is 8. The zero-order chi connectivity index (χ0) is 28.4. The van der Waals surface area contributed by atoms with Crippen molar-refractivity contribution in [3.05, 3.63) is 95.1 Å². The minimum atomic E-state index is -1.23. The summed E-state index contributed by atoms with van der Waals surface area (Å²) < 4.78 is 50.3. The number of likely N-dealkylation sites (tertiary alicyclic amines) is 1. The Balaban J connectivity index is 1.55. The van der Waals surface area contributed by atoms with Gasteiger partial charge in [0.1, 0.15) is 17.3 Å². The number of fused-ring (bicyclic) bond motifs is 1. The summed E-state index contributed by atoms with van der Waals surface area (Å²) in [6, 6.07) is 19.0. The first-order chi connectivity index (χ1) is 19.1. The van der Waals surface area contributed by atoms with Crippen molar-refractivity contribution in [3.63, 3.8) is 0 Å². The van der Waals surface area contributed by atoms with Crippen molar-refractivity contribution in [1.29, 1.82) is 0 Å². The Kier molecular flexibility index (Phi) is 8.04. The van der Waals surface area contributed by atoms with Gasteiger partial charge >= 0.3 is 5.97 Å². The molecule has 1 fully saturated rings. The highest BCUT2D eigenvalue weighted by Crippen LogP contribution is 2.38. The number of benzene rings is 3. The fourth-order valence-corrected chi connectivity index (χ4v) is 5.96. The maximum atomic E-state index is 14.5. The molecule has 4 aromatic rings. The molecule has 1 aromatic heterocycles. The van der Waals surface area contributed by atoms with E-state index in [4.69, 9.17) is 4.74 Å². The highest BCUT2D eigenvalue weighted by Gasteiger charge is 2.27. The summed E-state index contributed by atoms with van der Waals surface area (Å²) in [5, 5.41) is 1.02. The van der Waals surface area contributed by atoms with E-state index in [0.717, 1.165) is 59.7 Å². The first-order valence-corrected chi connectivity index (χ1v) is 13.8. The zero-order valence-electron chi connectivity index (χ0n) is 23.2. The largest absolute Gasteiger partial charge is 0.465 e. The van der Waals surface area contributed by atoms with E-state index in [-0.39, 0.29) is 0 Å². The van der Waals surface area contributed by atoms with Crippen molar-refractivity contribution in [1.82, 2.24) is 9.47 Å². The summed E-state index contributed by atoms with van der Waals surface area (Å²) in [6.07, 6.45) is 2.36. The molecule has 0 aliphatic carbocycles. The summed E-state index contributed by atoms with van der Waals surface area (Å²) >= 11 is 0. The minimum absolute atomic E-state index is 0.346. The first-order valence-electron chi connectivity index (χ1n) is 13.8. The van der Waals surface area contributed by atoms with Gasteiger partial charge in [0.2, 0.25) is 0 Å². The molecule has 0 spiro atoms. The number of methoxy groups -OCH3 is 1. The molecule has 1 aliphatic heterocycles. The highest BCUT2D eigenvalue weighted by molar-refractivity contribution is 5.92. The van der Waals surface area contributed by atoms with Gasteiger partial charge in [-0.3, -0.25) is 0 Å². The van der Waals surface area contributed by atoms with E-state index in [2.05, 4.69) is 21.6 Å². The van der Waals surface area contributed by atoms with Crippen molar-refractivity contribution < 1.29 is 22.7 Å². The molecule has 0 amide bonds. The van der Waals surface area contributed by atoms with Gasteiger partial charge in [-0.1, -0.05) is 30.3 Å². The molecule has 4 nitrogen and oxygen atoms in total. The molecule has 210 valence electrons. The summed E-state index contributed by atoms with van der Waals surface area (Å²) in [7, 11) is 1.35. The second-order valence-corrected chi connectivity index (χ2v) is 11.4. The number of para-hydroxylation sites is 1. The Morgan fingerprint density at radius 3 is 2.25 bits per heavy atom. The summed E-state index contributed by atoms with van der Waals surface area (Å²) in [6.45, 7) is 5.97. The Morgan fingerprint density at radius 1 is 0.975 bits per heavy atom. The summed E-state index contributed by atoms with van der Waals surface area (Å²) in [5.74, 6) is -1.30. The molecule has 2 heterocycles. The summed E-state index contributed by atoms with van der Waals surface area (Å²) in [4.78, 5) is 14.1. The van der Waals surface area contributed by atoms with Crippen LogP contribution in [0, 0.1) is 17.6 Å². The van der Waals surface area contributed by atoms with Gasteiger partial charge in [-0.2, -0.15) is 0 Å². The number of halogens is 3. The van der Waals surface area contributed by atoms with E-state index < -0.39 is 23.3 Å². The number of hydrogen-bond acceptors (Lipinski definition) is 3. The van der Waals surface area contributed by atoms with Gasteiger partial charge in [0, 0.05) is 42.0 Å². The molecule has 1 aliphatic rings. The quantitative estimate of drug-likeness (QED) is 0.215. The van der Waals surface area contributed by atoms with Crippen molar-refractivity contribution in [2.45, 2.75) is 45.3 Å².